The van der Waals surface area contributed by atoms with E-state index < -0.39 is 10.6 Å². The molecular weight excluding hydrogens is 298 g/mol. The third-order valence-electron chi connectivity index (χ3n) is 3.04. The maximum absolute atomic E-state index is 11.0. The monoisotopic (exact) mass is 309 g/mol. The van der Waals surface area contributed by atoms with Gasteiger partial charge in [0.15, 0.2) is 0 Å². The topological polar surface area (TPSA) is 132 Å². The van der Waals surface area contributed by atoms with Crippen LogP contribution in [0.15, 0.2) is 48.0 Å². The van der Waals surface area contributed by atoms with Crippen molar-refractivity contribution in [3.8, 4) is 0 Å². The summed E-state index contributed by atoms with van der Waals surface area (Å²) in [6, 6.07) is 9.37. The van der Waals surface area contributed by atoms with E-state index in [-0.39, 0.29) is 11.6 Å². The largest absolute Gasteiger partial charge is 0.378 e. The molecule has 0 aliphatic carbocycles. The SMILES string of the molecule is Nc1ncnc(N/N=C\c2ccc3ncccc3c2)c1[N+](=O)[O-]. The van der Waals surface area contributed by atoms with Gasteiger partial charge < -0.3 is 5.73 Å². The van der Waals surface area contributed by atoms with Gasteiger partial charge in [0.1, 0.15) is 6.33 Å². The number of fused-ring (bicyclic) bond motifs is 1. The summed E-state index contributed by atoms with van der Waals surface area (Å²) in [6.45, 7) is 0. The molecule has 0 aliphatic rings. The molecule has 23 heavy (non-hydrogen) atoms. The highest BCUT2D eigenvalue weighted by molar-refractivity contribution is 5.88. The minimum absolute atomic E-state index is 0.0683. The maximum atomic E-state index is 11.0. The molecule has 1 aromatic carbocycles. The summed E-state index contributed by atoms with van der Waals surface area (Å²) in [6.07, 6.45) is 4.37. The molecule has 0 saturated carbocycles. The Hall–Kier alpha value is -3.62. The van der Waals surface area contributed by atoms with Crippen LogP contribution >= 0.6 is 0 Å². The van der Waals surface area contributed by atoms with Gasteiger partial charge in [-0.2, -0.15) is 5.10 Å². The van der Waals surface area contributed by atoms with Crippen LogP contribution in [0.4, 0.5) is 17.3 Å². The van der Waals surface area contributed by atoms with Crippen molar-refractivity contribution >= 4 is 34.4 Å². The molecule has 0 fully saturated rings. The number of hydrogen-bond donors (Lipinski definition) is 2. The van der Waals surface area contributed by atoms with Crippen LogP contribution in [0.1, 0.15) is 5.56 Å². The van der Waals surface area contributed by atoms with Gasteiger partial charge in [-0.05, 0) is 23.8 Å². The lowest BCUT2D eigenvalue weighted by Gasteiger charge is -2.02. The van der Waals surface area contributed by atoms with Gasteiger partial charge in [0.25, 0.3) is 0 Å². The van der Waals surface area contributed by atoms with Crippen molar-refractivity contribution in [2.24, 2.45) is 5.10 Å². The summed E-state index contributed by atoms with van der Waals surface area (Å²) in [5, 5.41) is 15.9. The predicted octanol–water partition coefficient (Wildman–Crippen LogP) is 1.96. The van der Waals surface area contributed by atoms with E-state index in [0.29, 0.717) is 0 Å². The molecule has 0 radical (unpaired) electrons. The van der Waals surface area contributed by atoms with Gasteiger partial charge in [0.05, 0.1) is 16.7 Å². The number of aromatic nitrogens is 3. The predicted molar refractivity (Wildman–Crippen MR) is 86.1 cm³/mol. The Balaban J connectivity index is 1.83. The van der Waals surface area contributed by atoms with Gasteiger partial charge in [-0.15, -0.1) is 0 Å². The quantitative estimate of drug-likeness (QED) is 0.427. The molecule has 0 atom stereocenters. The van der Waals surface area contributed by atoms with E-state index in [1.165, 1.54) is 6.21 Å². The van der Waals surface area contributed by atoms with Gasteiger partial charge >= 0.3 is 5.69 Å². The first kappa shape index (κ1) is 14.3. The summed E-state index contributed by atoms with van der Waals surface area (Å²) in [5.41, 5.74) is 9.26. The number of nitro groups is 1. The molecule has 2 aromatic heterocycles. The molecule has 3 aromatic rings. The fraction of sp³-hybridized carbons (Fsp3) is 0. The molecule has 9 heteroatoms. The number of nitrogens with zero attached hydrogens (tertiary/aromatic N) is 5. The summed E-state index contributed by atoms with van der Waals surface area (Å²) in [4.78, 5) is 21.9. The number of rotatable bonds is 4. The minimum Gasteiger partial charge on any atom is -0.378 e. The molecule has 0 saturated heterocycles. The molecule has 0 unspecified atom stereocenters. The van der Waals surface area contributed by atoms with Crippen molar-refractivity contribution in [2.75, 3.05) is 11.2 Å². The van der Waals surface area contributed by atoms with Crippen LogP contribution < -0.4 is 11.2 Å². The van der Waals surface area contributed by atoms with E-state index in [1.807, 2.05) is 30.3 Å². The standard InChI is InChI=1S/C14H11N7O2/c15-13-12(21(22)23)14(18-8-17-13)20-19-7-9-3-4-11-10(6-9)2-1-5-16-11/h1-8H,(H3,15,17,18,20)/b19-7-. The zero-order chi connectivity index (χ0) is 16.2. The van der Waals surface area contributed by atoms with E-state index >= 15 is 0 Å². The zero-order valence-electron chi connectivity index (χ0n) is 11.7. The average Bonchev–Trinajstić information content (AvgIpc) is 2.54. The number of anilines is 2. The second kappa shape index (κ2) is 6.02. The van der Waals surface area contributed by atoms with E-state index in [9.17, 15) is 10.1 Å². The highest BCUT2D eigenvalue weighted by Crippen LogP contribution is 2.26. The molecule has 0 aliphatic heterocycles. The summed E-state index contributed by atoms with van der Waals surface area (Å²) in [5.74, 6) is -0.291. The summed E-state index contributed by atoms with van der Waals surface area (Å²) >= 11 is 0. The fourth-order valence-corrected chi connectivity index (χ4v) is 2.00. The van der Waals surface area contributed by atoms with E-state index in [0.717, 1.165) is 22.8 Å². The van der Waals surface area contributed by atoms with Crippen molar-refractivity contribution in [1.29, 1.82) is 0 Å². The first-order valence-electron chi connectivity index (χ1n) is 6.54. The molecule has 114 valence electrons. The fourth-order valence-electron chi connectivity index (χ4n) is 2.00. The minimum atomic E-state index is -0.658. The van der Waals surface area contributed by atoms with E-state index in [1.54, 1.807) is 6.20 Å². The highest BCUT2D eigenvalue weighted by atomic mass is 16.6. The number of hydrogen-bond acceptors (Lipinski definition) is 8. The Morgan fingerprint density at radius 2 is 2.13 bits per heavy atom. The van der Waals surface area contributed by atoms with Crippen LogP contribution in [0.5, 0.6) is 0 Å². The molecular formula is C14H11N7O2. The molecule has 0 amide bonds. The highest BCUT2D eigenvalue weighted by Gasteiger charge is 2.20. The van der Waals surface area contributed by atoms with Crippen molar-refractivity contribution in [3.63, 3.8) is 0 Å². The number of pyridine rings is 1. The van der Waals surface area contributed by atoms with Crippen LogP contribution in [-0.2, 0) is 0 Å². The van der Waals surface area contributed by atoms with Crippen LogP contribution in [0.3, 0.4) is 0 Å². The van der Waals surface area contributed by atoms with Crippen molar-refractivity contribution in [3.05, 3.63) is 58.5 Å². The van der Waals surface area contributed by atoms with Gasteiger partial charge in [-0.1, -0.05) is 12.1 Å². The molecule has 2 heterocycles. The molecule has 9 nitrogen and oxygen atoms in total. The zero-order valence-corrected chi connectivity index (χ0v) is 11.7. The van der Waals surface area contributed by atoms with Crippen LogP contribution in [-0.4, -0.2) is 26.1 Å². The van der Waals surface area contributed by atoms with E-state index in [2.05, 4.69) is 25.5 Å². The lowest BCUT2D eigenvalue weighted by Crippen LogP contribution is -2.04. The molecule has 3 N–H and O–H groups in total. The Morgan fingerprint density at radius 1 is 1.26 bits per heavy atom. The Kier molecular flexibility index (Phi) is 3.75. The number of nitrogens with one attached hydrogen (secondary N) is 1. The number of benzene rings is 1. The summed E-state index contributed by atoms with van der Waals surface area (Å²) in [7, 11) is 0. The normalized spacial score (nSPS) is 11.0. The Labute approximate surface area is 130 Å². The van der Waals surface area contributed by atoms with Crippen molar-refractivity contribution < 1.29 is 4.92 Å². The average molecular weight is 309 g/mol. The Morgan fingerprint density at radius 3 is 2.96 bits per heavy atom. The smallest absolute Gasteiger partial charge is 0.354 e. The van der Waals surface area contributed by atoms with Crippen LogP contribution in [0.25, 0.3) is 10.9 Å². The number of nitrogen functional groups attached to an aromatic ring is 1. The molecule has 3 rings (SSSR count). The van der Waals surface area contributed by atoms with E-state index in [4.69, 9.17) is 5.73 Å². The third-order valence-corrected chi connectivity index (χ3v) is 3.04. The van der Waals surface area contributed by atoms with Gasteiger partial charge in [0.2, 0.25) is 11.6 Å². The first-order chi connectivity index (χ1) is 11.1. The van der Waals surface area contributed by atoms with Gasteiger partial charge in [-0.3, -0.25) is 20.5 Å². The second-order valence-electron chi connectivity index (χ2n) is 4.54. The third kappa shape index (κ3) is 3.02. The number of nitrogens with two attached hydrogens (primary N) is 1. The van der Waals surface area contributed by atoms with Crippen LogP contribution in [0.2, 0.25) is 0 Å². The number of hydrazone groups is 1. The molecule has 0 bridgehead atoms. The summed E-state index contributed by atoms with van der Waals surface area (Å²) < 4.78 is 0. The molecule has 0 spiro atoms. The Bertz CT molecular complexity index is 911. The van der Waals surface area contributed by atoms with Crippen molar-refractivity contribution in [1.82, 2.24) is 15.0 Å². The van der Waals surface area contributed by atoms with Gasteiger partial charge in [0, 0.05) is 11.6 Å². The lowest BCUT2D eigenvalue weighted by atomic mass is 10.1. The van der Waals surface area contributed by atoms with Gasteiger partial charge in [-0.25, -0.2) is 9.97 Å². The van der Waals surface area contributed by atoms with Crippen molar-refractivity contribution in [2.45, 2.75) is 0 Å². The first-order valence-corrected chi connectivity index (χ1v) is 6.54. The lowest BCUT2D eigenvalue weighted by molar-refractivity contribution is -0.383. The second-order valence-corrected chi connectivity index (χ2v) is 4.54. The maximum Gasteiger partial charge on any atom is 0.354 e. The van der Waals surface area contributed by atoms with Crippen LogP contribution in [0, 0.1) is 10.1 Å².